The topological polar surface area (TPSA) is 40.5 Å². The van der Waals surface area contributed by atoms with Gasteiger partial charge in [0.2, 0.25) is 0 Å². The molecule has 0 spiro atoms. The largest absolute Gasteiger partial charge is 0.378 e. The molecule has 0 aliphatic carbocycles. The van der Waals surface area contributed by atoms with Gasteiger partial charge in [-0.1, -0.05) is 52.4 Å². The van der Waals surface area contributed by atoms with Crippen molar-refractivity contribution >= 4 is 0 Å². The molecule has 0 amide bonds. The van der Waals surface area contributed by atoms with Crippen molar-refractivity contribution in [3.05, 3.63) is 0 Å². The van der Waals surface area contributed by atoms with Gasteiger partial charge in [0.15, 0.2) is 0 Å². The zero-order valence-electron chi connectivity index (χ0n) is 15.3. The molecule has 2 nitrogen and oxygen atoms in total. The molecule has 0 aliphatic heterocycles. The molecular weight excluding hydrogens is 272 g/mol. The SMILES string of the molecule is CC(C)CCCC(C)(O)C#CC#CC(C)(O)CCCC(C)C. The van der Waals surface area contributed by atoms with E-state index in [0.29, 0.717) is 24.7 Å². The fourth-order valence-electron chi connectivity index (χ4n) is 2.17. The van der Waals surface area contributed by atoms with Gasteiger partial charge in [-0.25, -0.2) is 0 Å². The minimum absolute atomic E-state index is 0.643. The van der Waals surface area contributed by atoms with Crippen LogP contribution >= 0.6 is 0 Å². The second kappa shape index (κ2) is 9.94. The van der Waals surface area contributed by atoms with Gasteiger partial charge < -0.3 is 10.2 Å². The van der Waals surface area contributed by atoms with E-state index in [0.717, 1.165) is 25.7 Å². The first kappa shape index (κ1) is 21.0. The third-order valence-electron chi connectivity index (χ3n) is 3.62. The van der Waals surface area contributed by atoms with Crippen molar-refractivity contribution in [3.63, 3.8) is 0 Å². The Kier molecular flexibility index (Phi) is 9.50. The quantitative estimate of drug-likeness (QED) is 0.661. The van der Waals surface area contributed by atoms with Crippen LogP contribution in [0.3, 0.4) is 0 Å². The molecular formula is C20H34O2. The van der Waals surface area contributed by atoms with E-state index in [4.69, 9.17) is 0 Å². The molecule has 0 heterocycles. The summed E-state index contributed by atoms with van der Waals surface area (Å²) in [5.74, 6) is 12.3. The van der Waals surface area contributed by atoms with Crippen molar-refractivity contribution in [2.45, 2.75) is 91.3 Å². The zero-order valence-corrected chi connectivity index (χ0v) is 15.3. The lowest BCUT2D eigenvalue weighted by atomic mass is 9.96. The highest BCUT2D eigenvalue weighted by atomic mass is 16.3. The predicted molar refractivity (Wildman–Crippen MR) is 94.2 cm³/mol. The first-order valence-corrected chi connectivity index (χ1v) is 8.53. The molecule has 22 heavy (non-hydrogen) atoms. The highest BCUT2D eigenvalue weighted by Crippen LogP contribution is 2.16. The van der Waals surface area contributed by atoms with E-state index in [1.807, 2.05) is 0 Å². The molecule has 2 N–H and O–H groups in total. The van der Waals surface area contributed by atoms with Crippen molar-refractivity contribution in [1.82, 2.24) is 0 Å². The Morgan fingerprint density at radius 3 is 1.32 bits per heavy atom. The zero-order chi connectivity index (χ0) is 17.2. The van der Waals surface area contributed by atoms with Crippen LogP contribution in [0.2, 0.25) is 0 Å². The van der Waals surface area contributed by atoms with Crippen molar-refractivity contribution < 1.29 is 10.2 Å². The highest BCUT2D eigenvalue weighted by molar-refractivity contribution is 5.32. The van der Waals surface area contributed by atoms with Crippen LogP contribution in [-0.4, -0.2) is 21.4 Å². The minimum atomic E-state index is -0.993. The standard InChI is InChI=1S/C20H34O2/c1-17(2)11-9-15-19(5,21)13-7-8-14-20(6,22)16-10-12-18(3)4/h17-18,21-22H,9-12,15-16H2,1-6H3. The van der Waals surface area contributed by atoms with Crippen molar-refractivity contribution in [2.75, 3.05) is 0 Å². The Balaban J connectivity index is 4.36. The summed E-state index contributed by atoms with van der Waals surface area (Å²) in [7, 11) is 0. The lowest BCUT2D eigenvalue weighted by Gasteiger charge is -2.17. The van der Waals surface area contributed by atoms with Crippen LogP contribution in [0.15, 0.2) is 0 Å². The number of hydrogen-bond donors (Lipinski definition) is 2. The molecule has 0 aromatic rings. The van der Waals surface area contributed by atoms with Gasteiger partial charge in [-0.15, -0.1) is 0 Å². The Labute approximate surface area is 137 Å². The summed E-state index contributed by atoms with van der Waals surface area (Å²) < 4.78 is 0. The van der Waals surface area contributed by atoms with Gasteiger partial charge >= 0.3 is 0 Å². The molecule has 0 fully saturated rings. The van der Waals surface area contributed by atoms with E-state index >= 15 is 0 Å². The summed E-state index contributed by atoms with van der Waals surface area (Å²) in [6.45, 7) is 12.1. The van der Waals surface area contributed by atoms with E-state index in [1.165, 1.54) is 0 Å². The second-order valence-corrected chi connectivity index (χ2v) is 7.62. The van der Waals surface area contributed by atoms with Crippen LogP contribution in [0, 0.1) is 35.5 Å². The van der Waals surface area contributed by atoms with Crippen molar-refractivity contribution in [3.8, 4) is 23.7 Å². The lowest BCUT2D eigenvalue weighted by molar-refractivity contribution is 0.107. The van der Waals surface area contributed by atoms with Gasteiger partial charge in [0.1, 0.15) is 11.2 Å². The van der Waals surface area contributed by atoms with Crippen LogP contribution in [0.4, 0.5) is 0 Å². The number of hydrogen-bond acceptors (Lipinski definition) is 2. The fourth-order valence-corrected chi connectivity index (χ4v) is 2.17. The first-order valence-electron chi connectivity index (χ1n) is 8.53. The molecule has 2 heteroatoms. The molecule has 0 rings (SSSR count). The van der Waals surface area contributed by atoms with Gasteiger partial charge in [-0.3, -0.25) is 0 Å². The fraction of sp³-hybridized carbons (Fsp3) is 0.800. The molecule has 0 aromatic heterocycles. The molecule has 0 aliphatic rings. The maximum Gasteiger partial charge on any atom is 0.123 e. The monoisotopic (exact) mass is 306 g/mol. The molecule has 0 aromatic carbocycles. The Morgan fingerprint density at radius 2 is 1.05 bits per heavy atom. The van der Waals surface area contributed by atoms with Crippen molar-refractivity contribution in [2.24, 2.45) is 11.8 Å². The molecule has 2 atom stereocenters. The summed E-state index contributed by atoms with van der Waals surface area (Å²) in [4.78, 5) is 0. The van der Waals surface area contributed by atoms with Gasteiger partial charge in [0.05, 0.1) is 0 Å². The number of aliphatic hydroxyl groups is 2. The van der Waals surface area contributed by atoms with E-state index in [2.05, 4.69) is 51.4 Å². The summed E-state index contributed by atoms with van der Waals surface area (Å²) in [6, 6.07) is 0. The van der Waals surface area contributed by atoms with Crippen LogP contribution in [0.5, 0.6) is 0 Å². The van der Waals surface area contributed by atoms with E-state index in [9.17, 15) is 10.2 Å². The number of rotatable bonds is 8. The third kappa shape index (κ3) is 12.8. The second-order valence-electron chi connectivity index (χ2n) is 7.62. The van der Waals surface area contributed by atoms with E-state index < -0.39 is 11.2 Å². The Bertz CT molecular complexity index is 380. The highest BCUT2D eigenvalue weighted by Gasteiger charge is 2.17. The minimum Gasteiger partial charge on any atom is -0.378 e. The van der Waals surface area contributed by atoms with E-state index in [-0.39, 0.29) is 0 Å². The molecule has 0 radical (unpaired) electrons. The maximum atomic E-state index is 10.2. The first-order chi connectivity index (χ1) is 10.0. The molecule has 126 valence electrons. The summed E-state index contributed by atoms with van der Waals surface area (Å²) in [5.41, 5.74) is -1.99. The molecule has 0 saturated heterocycles. The predicted octanol–water partition coefficient (Wildman–Crippen LogP) is 4.15. The van der Waals surface area contributed by atoms with Gasteiger partial charge in [0.25, 0.3) is 0 Å². The van der Waals surface area contributed by atoms with Gasteiger partial charge in [-0.2, -0.15) is 0 Å². The van der Waals surface area contributed by atoms with Crippen molar-refractivity contribution in [1.29, 1.82) is 0 Å². The molecule has 0 bridgehead atoms. The third-order valence-corrected chi connectivity index (χ3v) is 3.62. The average molecular weight is 306 g/mol. The molecule has 2 unspecified atom stereocenters. The molecule has 0 saturated carbocycles. The maximum absolute atomic E-state index is 10.2. The van der Waals surface area contributed by atoms with E-state index in [1.54, 1.807) is 13.8 Å². The van der Waals surface area contributed by atoms with Gasteiger partial charge in [0, 0.05) is 0 Å². The van der Waals surface area contributed by atoms with Crippen LogP contribution in [0.1, 0.15) is 80.1 Å². The summed E-state index contributed by atoms with van der Waals surface area (Å²) in [6.07, 6.45) is 5.41. The van der Waals surface area contributed by atoms with Crippen LogP contribution in [-0.2, 0) is 0 Å². The summed E-state index contributed by atoms with van der Waals surface area (Å²) >= 11 is 0. The smallest absolute Gasteiger partial charge is 0.123 e. The lowest BCUT2D eigenvalue weighted by Crippen LogP contribution is -2.22. The van der Waals surface area contributed by atoms with Crippen LogP contribution in [0.25, 0.3) is 0 Å². The van der Waals surface area contributed by atoms with Gasteiger partial charge in [-0.05, 0) is 63.2 Å². The summed E-state index contributed by atoms with van der Waals surface area (Å²) in [5, 5.41) is 20.3. The normalized spacial score (nSPS) is 16.3. The van der Waals surface area contributed by atoms with Crippen LogP contribution < -0.4 is 0 Å². The Hall–Kier alpha value is -0.960. The Morgan fingerprint density at radius 1 is 0.727 bits per heavy atom. The average Bonchev–Trinajstić information content (AvgIpc) is 2.33.